The molecule has 0 spiro atoms. The average molecular weight is 843 g/mol. The molecule has 2 aromatic carbocycles. The third kappa shape index (κ3) is 9.39. The molecule has 4 amide bonds. The van der Waals surface area contributed by atoms with Crippen molar-refractivity contribution in [1.82, 2.24) is 19.8 Å². The van der Waals surface area contributed by atoms with Gasteiger partial charge in [-0.3, -0.25) is 53.1 Å². The van der Waals surface area contributed by atoms with Crippen molar-refractivity contribution >= 4 is 68.5 Å². The Morgan fingerprint density at radius 2 is 1.17 bits per heavy atom. The highest BCUT2D eigenvalue weighted by Gasteiger charge is 2.26. The van der Waals surface area contributed by atoms with Gasteiger partial charge < -0.3 is 10.2 Å². The summed E-state index contributed by atoms with van der Waals surface area (Å²) in [5.41, 5.74) is -3.98. The fraction of sp³-hybridized carbons (Fsp3) is 0.235. The number of benzene rings is 2. The molecule has 24 heteroatoms. The summed E-state index contributed by atoms with van der Waals surface area (Å²) in [5, 5.41) is 54.2. The van der Waals surface area contributed by atoms with Gasteiger partial charge in [-0.25, -0.2) is 5.26 Å². The van der Waals surface area contributed by atoms with Gasteiger partial charge in [0.1, 0.15) is 27.4 Å². The van der Waals surface area contributed by atoms with Gasteiger partial charge in [0.2, 0.25) is 23.6 Å². The Balaban J connectivity index is 1.84. The van der Waals surface area contributed by atoms with E-state index < -0.39 is 72.6 Å². The van der Waals surface area contributed by atoms with Crippen LogP contribution in [0.25, 0.3) is 11.1 Å². The summed E-state index contributed by atoms with van der Waals surface area (Å²) in [6, 6.07) is 7.30. The van der Waals surface area contributed by atoms with Crippen molar-refractivity contribution in [3.05, 3.63) is 79.4 Å². The molecule has 0 radical (unpaired) electrons. The molecule has 0 saturated carbocycles. The van der Waals surface area contributed by atoms with E-state index >= 15 is 0 Å². The normalized spacial score (nSPS) is 11.7. The Bertz CT molecular complexity index is 2650. The molecule has 4 rings (SSSR count). The lowest BCUT2D eigenvalue weighted by molar-refractivity contribution is -0.432. The molecule has 0 aliphatic rings. The number of amides is 4. The minimum absolute atomic E-state index is 0.00418. The summed E-state index contributed by atoms with van der Waals surface area (Å²) in [6.45, 7) is 7.52. The summed E-state index contributed by atoms with van der Waals surface area (Å²) in [4.78, 5) is 73.6. The Hall–Kier alpha value is -6.44. The fourth-order valence-corrected chi connectivity index (χ4v) is 6.82. The number of carbonyl (C=O) groups is 4. The van der Waals surface area contributed by atoms with Crippen molar-refractivity contribution in [2.24, 2.45) is 20.5 Å². The molecule has 0 fully saturated rings. The summed E-state index contributed by atoms with van der Waals surface area (Å²) >= 11 is 0.369. The Morgan fingerprint density at radius 1 is 0.741 bits per heavy atom. The second-order valence-electron chi connectivity index (χ2n) is 11.9. The molecule has 4 aromatic rings. The second-order valence-corrected chi connectivity index (χ2v) is 14.1. The van der Waals surface area contributed by atoms with Crippen LogP contribution in [0.1, 0.15) is 59.5 Å². The van der Waals surface area contributed by atoms with Gasteiger partial charge in [0.25, 0.3) is 33.1 Å². The molecule has 306 valence electrons. The zero-order valence-corrected chi connectivity index (χ0v) is 32.9. The molecule has 6 N–H and O–H groups in total. The van der Waals surface area contributed by atoms with Crippen molar-refractivity contribution < 1.29 is 57.0 Å². The lowest BCUT2D eigenvalue weighted by atomic mass is 10.0. The maximum atomic E-state index is 12.9. The lowest BCUT2D eigenvalue weighted by Gasteiger charge is -2.14. The molecule has 0 aliphatic carbocycles. The fourth-order valence-electron chi connectivity index (χ4n) is 5.56. The Morgan fingerprint density at radius 3 is 1.57 bits per heavy atom. The number of pyridine rings is 2. The number of aromatic hydroxyl groups is 2. The van der Waals surface area contributed by atoms with Gasteiger partial charge in [0.15, 0.2) is 0 Å². The smallest absolute Gasteiger partial charge is 0.295 e. The van der Waals surface area contributed by atoms with Crippen molar-refractivity contribution in [2.45, 2.75) is 64.4 Å². The van der Waals surface area contributed by atoms with Crippen molar-refractivity contribution in [2.75, 3.05) is 0 Å². The van der Waals surface area contributed by atoms with E-state index in [1.54, 1.807) is 0 Å². The quantitative estimate of drug-likeness (QED) is 0.0346. The number of imide groups is 2. The van der Waals surface area contributed by atoms with E-state index in [-0.39, 0.29) is 63.0 Å². The number of aromatic nitrogens is 2. The predicted molar refractivity (Wildman–Crippen MR) is 203 cm³/mol. The van der Waals surface area contributed by atoms with Crippen LogP contribution in [0.4, 0.5) is 22.7 Å². The summed E-state index contributed by atoms with van der Waals surface area (Å²) in [5.74, 6) is -4.89. The first kappa shape index (κ1) is 44.3. The average Bonchev–Trinajstić information content (AvgIpc) is 3.13. The van der Waals surface area contributed by atoms with Crippen LogP contribution < -0.4 is 21.8 Å². The van der Waals surface area contributed by atoms with E-state index in [2.05, 4.69) is 29.8 Å². The van der Waals surface area contributed by atoms with E-state index in [0.29, 0.717) is 12.0 Å². The number of azo groups is 2. The molecule has 0 atom stereocenters. The number of nitrogens with one attached hydrogen (secondary N) is 2. The second kappa shape index (κ2) is 18.2. The first-order chi connectivity index (χ1) is 27.3. The van der Waals surface area contributed by atoms with Gasteiger partial charge in [0, 0.05) is 48.5 Å². The number of carbonyl (C=O) groups excluding carboxylic acids is 4. The summed E-state index contributed by atoms with van der Waals surface area (Å²) in [6.07, 6.45) is 0. The van der Waals surface area contributed by atoms with Crippen LogP contribution in [0.5, 0.6) is 11.8 Å². The molecular formula is C34H34N8O14S2. The molecule has 2 heterocycles. The highest BCUT2D eigenvalue weighted by Crippen LogP contribution is 2.41. The SMILES string of the molecule is CCn1c(O)c(N=Nc2ccc(-c3ccc(N=Nc4c(C)c(C(=O)NC(C)=O)c(=O)n(CC)c4O)cc3S(=O)(=O)O)c(SOOO)c2)c(C)c(C(=O)NC(C)=O)c1=O. The van der Waals surface area contributed by atoms with Gasteiger partial charge in [-0.1, -0.05) is 17.2 Å². The molecule has 2 aromatic heterocycles. The summed E-state index contributed by atoms with van der Waals surface area (Å²) < 4.78 is 42.0. The molecule has 0 bridgehead atoms. The van der Waals surface area contributed by atoms with Crippen LogP contribution >= 0.6 is 12.0 Å². The van der Waals surface area contributed by atoms with Crippen LogP contribution in [-0.2, 0) is 42.2 Å². The van der Waals surface area contributed by atoms with Crippen LogP contribution in [0.15, 0.2) is 76.2 Å². The first-order valence-electron chi connectivity index (χ1n) is 16.6. The number of hydrogen-bond acceptors (Lipinski definition) is 18. The lowest BCUT2D eigenvalue weighted by Crippen LogP contribution is -2.36. The van der Waals surface area contributed by atoms with E-state index in [1.807, 2.05) is 10.6 Å². The molecule has 0 aliphatic heterocycles. The highest BCUT2D eigenvalue weighted by molar-refractivity contribution is 7.94. The monoisotopic (exact) mass is 842 g/mol. The minimum Gasteiger partial charge on any atom is -0.493 e. The maximum absolute atomic E-state index is 12.9. The van der Waals surface area contributed by atoms with Gasteiger partial charge in [-0.15, -0.1) is 14.6 Å². The summed E-state index contributed by atoms with van der Waals surface area (Å²) in [7, 11) is -5.04. The van der Waals surface area contributed by atoms with E-state index in [0.717, 1.165) is 29.0 Å². The van der Waals surface area contributed by atoms with Crippen LogP contribution in [0, 0.1) is 13.8 Å². The van der Waals surface area contributed by atoms with Crippen molar-refractivity contribution in [1.29, 1.82) is 0 Å². The van der Waals surface area contributed by atoms with Gasteiger partial charge in [-0.2, -0.15) is 18.6 Å². The first-order valence-corrected chi connectivity index (χ1v) is 18.8. The number of rotatable bonds is 13. The molecule has 0 unspecified atom stereocenters. The molecule has 22 nitrogen and oxygen atoms in total. The van der Waals surface area contributed by atoms with Crippen LogP contribution in [0.2, 0.25) is 0 Å². The van der Waals surface area contributed by atoms with E-state index in [4.69, 9.17) is 5.26 Å². The third-order valence-corrected chi connectivity index (χ3v) is 9.70. The highest BCUT2D eigenvalue weighted by atomic mass is 32.2. The number of nitrogens with zero attached hydrogens (tertiary/aromatic N) is 6. The standard InChI is InChI=1S/C34H34N8O14S2/c1-7-41-31(47)25(29(45)35-17(5)43)15(3)27(33(41)49)39-37-19-9-11-21(23(13-19)57-56-55-51)22-12-10-20(14-24(22)58(52,53)54)38-40-28-16(4)26(30(46)36-18(6)44)32(48)42(8-2)34(28)50/h9-14,49-51H,7-8H2,1-6H3,(H,35,43,45)(H,36,44,46)(H,52,53,54). The zero-order chi connectivity index (χ0) is 43.2. The topological polar surface area (TPSA) is 319 Å². The van der Waals surface area contributed by atoms with Crippen molar-refractivity contribution in [3.8, 4) is 22.9 Å². The maximum Gasteiger partial charge on any atom is 0.295 e. The Kier molecular flexibility index (Phi) is 13.9. The van der Waals surface area contributed by atoms with Crippen LogP contribution in [-0.4, -0.2) is 61.2 Å². The molecule has 58 heavy (non-hydrogen) atoms. The number of hydrogen-bond donors (Lipinski definition) is 6. The van der Waals surface area contributed by atoms with Gasteiger partial charge in [-0.05, 0) is 57.5 Å². The largest absolute Gasteiger partial charge is 0.493 e. The van der Waals surface area contributed by atoms with Crippen molar-refractivity contribution in [3.63, 3.8) is 0 Å². The van der Waals surface area contributed by atoms with E-state index in [9.17, 15) is 52.0 Å². The van der Waals surface area contributed by atoms with Gasteiger partial charge in [0.05, 0.1) is 23.4 Å². The molecular weight excluding hydrogens is 809 g/mol. The van der Waals surface area contributed by atoms with Crippen LogP contribution in [0.3, 0.4) is 0 Å². The third-order valence-electron chi connectivity index (χ3n) is 8.16. The van der Waals surface area contributed by atoms with Gasteiger partial charge >= 0.3 is 0 Å². The zero-order valence-electron chi connectivity index (χ0n) is 31.2. The van der Waals surface area contributed by atoms with E-state index in [1.165, 1.54) is 58.0 Å². The molecule has 0 saturated heterocycles. The Labute approximate surface area is 331 Å². The predicted octanol–water partition coefficient (Wildman–Crippen LogP) is 4.80. The minimum atomic E-state index is -5.04.